The van der Waals surface area contributed by atoms with Crippen LogP contribution in [-0.4, -0.2) is 36.1 Å². The van der Waals surface area contributed by atoms with E-state index in [9.17, 15) is 0 Å². The third kappa shape index (κ3) is 5.71. The zero-order valence-electron chi connectivity index (χ0n) is 13.7. The lowest BCUT2D eigenvalue weighted by Gasteiger charge is -2.44. The molecule has 0 fully saturated rings. The maximum absolute atomic E-state index is 3.78. The van der Waals surface area contributed by atoms with Crippen LogP contribution in [0.25, 0.3) is 0 Å². The van der Waals surface area contributed by atoms with Crippen LogP contribution in [0.2, 0.25) is 0 Å². The van der Waals surface area contributed by atoms with E-state index in [1.807, 2.05) is 0 Å². The van der Waals surface area contributed by atoms with Crippen LogP contribution in [0.4, 0.5) is 0 Å². The molecule has 110 valence electrons. The summed E-state index contributed by atoms with van der Waals surface area (Å²) in [7, 11) is 0. The molecule has 0 aromatic heterocycles. The fraction of sp³-hybridized carbons (Fsp3) is 1.00. The Kier molecular flexibility index (Phi) is 9.76. The molecule has 0 aliphatic heterocycles. The third-order valence-electron chi connectivity index (χ3n) is 4.17. The summed E-state index contributed by atoms with van der Waals surface area (Å²) in [5, 5.41) is 3.78. The van der Waals surface area contributed by atoms with Crippen LogP contribution in [0.3, 0.4) is 0 Å². The normalized spacial score (nSPS) is 14.2. The Morgan fingerprint density at radius 3 is 2.00 bits per heavy atom. The Morgan fingerprint density at radius 1 is 0.944 bits per heavy atom. The highest BCUT2D eigenvalue weighted by Crippen LogP contribution is 2.23. The lowest BCUT2D eigenvalue weighted by atomic mass is 9.88. The van der Waals surface area contributed by atoms with Crippen LogP contribution in [0.15, 0.2) is 0 Å². The number of hydrogen-bond donors (Lipinski definition) is 1. The van der Waals surface area contributed by atoms with Gasteiger partial charge in [0.15, 0.2) is 0 Å². The number of rotatable bonds is 11. The van der Waals surface area contributed by atoms with Gasteiger partial charge in [-0.15, -0.1) is 0 Å². The summed E-state index contributed by atoms with van der Waals surface area (Å²) < 4.78 is 0. The summed E-state index contributed by atoms with van der Waals surface area (Å²) in [6.07, 6.45) is 6.54. The molecule has 2 nitrogen and oxygen atoms in total. The predicted molar refractivity (Wildman–Crippen MR) is 83.2 cm³/mol. The van der Waals surface area contributed by atoms with Gasteiger partial charge in [-0.2, -0.15) is 0 Å². The van der Waals surface area contributed by atoms with Gasteiger partial charge in [-0.05, 0) is 46.3 Å². The second kappa shape index (κ2) is 9.80. The maximum Gasteiger partial charge on any atom is 0.0306 e. The number of hydrogen-bond acceptors (Lipinski definition) is 2. The monoisotopic (exact) mass is 256 g/mol. The van der Waals surface area contributed by atoms with Crippen molar-refractivity contribution in [1.82, 2.24) is 10.2 Å². The van der Waals surface area contributed by atoms with Gasteiger partial charge in [-0.3, -0.25) is 4.90 Å². The molecule has 0 spiro atoms. The van der Waals surface area contributed by atoms with E-state index in [0.29, 0.717) is 6.04 Å². The molecular formula is C16H36N2. The molecule has 0 aliphatic carbocycles. The molecule has 0 rings (SSSR count). The molecule has 0 saturated heterocycles. The van der Waals surface area contributed by atoms with Gasteiger partial charge in [0.2, 0.25) is 0 Å². The van der Waals surface area contributed by atoms with E-state index in [1.165, 1.54) is 32.1 Å². The van der Waals surface area contributed by atoms with Crippen molar-refractivity contribution in [2.45, 2.75) is 85.2 Å². The Morgan fingerprint density at radius 2 is 1.56 bits per heavy atom. The Balaban J connectivity index is 4.57. The first kappa shape index (κ1) is 17.9. The van der Waals surface area contributed by atoms with Crippen molar-refractivity contribution < 1.29 is 0 Å². The van der Waals surface area contributed by atoms with Gasteiger partial charge in [0, 0.05) is 11.6 Å². The predicted octanol–water partition coefficient (Wildman–Crippen LogP) is 4.06. The number of likely N-dealkylation sites (N-methyl/N-ethyl adjacent to an activating group) is 1. The average molecular weight is 256 g/mol. The number of unbranched alkanes of at least 4 members (excludes halogenated alkanes) is 2. The highest BCUT2D eigenvalue weighted by atomic mass is 15.2. The minimum atomic E-state index is 0.256. The zero-order chi connectivity index (χ0) is 14.0. The highest BCUT2D eigenvalue weighted by molar-refractivity contribution is 4.92. The molecule has 1 N–H and O–H groups in total. The molecule has 0 amide bonds. The summed E-state index contributed by atoms with van der Waals surface area (Å²) in [5.74, 6) is 0. The molecule has 0 bridgehead atoms. The van der Waals surface area contributed by atoms with E-state index in [2.05, 4.69) is 51.8 Å². The minimum absolute atomic E-state index is 0.256. The molecule has 18 heavy (non-hydrogen) atoms. The molecule has 1 unspecified atom stereocenters. The van der Waals surface area contributed by atoms with Crippen molar-refractivity contribution >= 4 is 0 Å². The standard InChI is InChI=1S/C16H36N2/c1-7-11-12-13-15(17-14-8-2)16(5,6)18(9-3)10-4/h15,17H,7-14H2,1-6H3. The van der Waals surface area contributed by atoms with E-state index in [4.69, 9.17) is 0 Å². The van der Waals surface area contributed by atoms with Gasteiger partial charge in [-0.25, -0.2) is 0 Å². The molecule has 0 saturated carbocycles. The van der Waals surface area contributed by atoms with Crippen molar-refractivity contribution in [2.75, 3.05) is 19.6 Å². The smallest absolute Gasteiger partial charge is 0.0306 e. The van der Waals surface area contributed by atoms with E-state index in [0.717, 1.165) is 19.6 Å². The van der Waals surface area contributed by atoms with E-state index in [-0.39, 0.29) is 5.54 Å². The lowest BCUT2D eigenvalue weighted by molar-refractivity contribution is 0.0863. The first-order chi connectivity index (χ1) is 8.54. The second-order valence-electron chi connectivity index (χ2n) is 5.83. The number of nitrogens with zero attached hydrogens (tertiary/aromatic N) is 1. The molecule has 0 heterocycles. The molecule has 0 aliphatic rings. The SMILES string of the molecule is CCCCCC(NCCC)C(C)(C)N(CC)CC. The first-order valence-electron chi connectivity index (χ1n) is 8.02. The van der Waals surface area contributed by atoms with Gasteiger partial charge in [0.25, 0.3) is 0 Å². The quantitative estimate of drug-likeness (QED) is 0.561. The molecule has 0 radical (unpaired) electrons. The minimum Gasteiger partial charge on any atom is -0.312 e. The molecule has 0 aromatic rings. The summed E-state index contributed by atoms with van der Waals surface area (Å²) >= 11 is 0. The van der Waals surface area contributed by atoms with Crippen LogP contribution in [0, 0.1) is 0 Å². The maximum atomic E-state index is 3.78. The fourth-order valence-corrected chi connectivity index (χ4v) is 2.88. The van der Waals surface area contributed by atoms with Crippen LogP contribution in [-0.2, 0) is 0 Å². The first-order valence-corrected chi connectivity index (χ1v) is 8.02. The Labute approximate surface area is 116 Å². The van der Waals surface area contributed by atoms with Crippen molar-refractivity contribution in [2.24, 2.45) is 0 Å². The van der Waals surface area contributed by atoms with Gasteiger partial charge < -0.3 is 5.32 Å². The van der Waals surface area contributed by atoms with Crippen molar-refractivity contribution in [3.63, 3.8) is 0 Å². The van der Waals surface area contributed by atoms with Gasteiger partial charge >= 0.3 is 0 Å². The third-order valence-corrected chi connectivity index (χ3v) is 4.17. The van der Waals surface area contributed by atoms with Gasteiger partial charge in [0.1, 0.15) is 0 Å². The summed E-state index contributed by atoms with van der Waals surface area (Å²) in [4.78, 5) is 2.59. The Bertz CT molecular complexity index is 186. The van der Waals surface area contributed by atoms with Crippen LogP contribution in [0.5, 0.6) is 0 Å². The second-order valence-corrected chi connectivity index (χ2v) is 5.83. The molecular weight excluding hydrogens is 220 g/mol. The van der Waals surface area contributed by atoms with Crippen molar-refractivity contribution in [3.05, 3.63) is 0 Å². The largest absolute Gasteiger partial charge is 0.312 e. The fourth-order valence-electron chi connectivity index (χ4n) is 2.88. The summed E-state index contributed by atoms with van der Waals surface area (Å²) in [5.41, 5.74) is 0.256. The number of nitrogens with one attached hydrogen (secondary N) is 1. The Hall–Kier alpha value is -0.0800. The van der Waals surface area contributed by atoms with E-state index in [1.54, 1.807) is 0 Å². The molecule has 1 atom stereocenters. The molecule has 0 aromatic carbocycles. The zero-order valence-corrected chi connectivity index (χ0v) is 13.7. The summed E-state index contributed by atoms with van der Waals surface area (Å²) in [6, 6.07) is 0.615. The van der Waals surface area contributed by atoms with Crippen molar-refractivity contribution in [1.29, 1.82) is 0 Å². The lowest BCUT2D eigenvalue weighted by Crippen LogP contribution is -2.57. The van der Waals surface area contributed by atoms with Gasteiger partial charge in [-0.1, -0.05) is 47.0 Å². The van der Waals surface area contributed by atoms with E-state index >= 15 is 0 Å². The summed E-state index contributed by atoms with van der Waals surface area (Å²) in [6.45, 7) is 17.3. The average Bonchev–Trinajstić information content (AvgIpc) is 2.34. The van der Waals surface area contributed by atoms with Gasteiger partial charge in [0.05, 0.1) is 0 Å². The van der Waals surface area contributed by atoms with Crippen LogP contribution >= 0.6 is 0 Å². The topological polar surface area (TPSA) is 15.3 Å². The molecule has 2 heteroatoms. The van der Waals surface area contributed by atoms with E-state index < -0.39 is 0 Å². The van der Waals surface area contributed by atoms with Crippen molar-refractivity contribution in [3.8, 4) is 0 Å². The highest BCUT2D eigenvalue weighted by Gasteiger charge is 2.32. The van der Waals surface area contributed by atoms with Crippen LogP contribution < -0.4 is 5.32 Å². The van der Waals surface area contributed by atoms with Crippen LogP contribution in [0.1, 0.15) is 73.6 Å².